The Morgan fingerprint density at radius 3 is 2.54 bits per heavy atom. The molecule has 0 bridgehead atoms. The van der Waals surface area contributed by atoms with Crippen molar-refractivity contribution in [3.8, 4) is 0 Å². The van der Waals surface area contributed by atoms with Crippen molar-refractivity contribution in [3.63, 3.8) is 0 Å². The average Bonchev–Trinajstić information content (AvgIpc) is 2.93. The fourth-order valence-electron chi connectivity index (χ4n) is 2.38. The van der Waals surface area contributed by atoms with Crippen molar-refractivity contribution in [2.75, 3.05) is 13.2 Å². The molecule has 2 rings (SSSR count). The Kier molecular flexibility index (Phi) is 7.05. The Labute approximate surface area is 161 Å². The third-order valence-electron chi connectivity index (χ3n) is 3.53. The van der Waals surface area contributed by atoms with Crippen molar-refractivity contribution in [2.45, 2.75) is 44.7 Å². The van der Waals surface area contributed by atoms with E-state index in [1.54, 1.807) is 44.2 Å². The van der Waals surface area contributed by atoms with Gasteiger partial charge in [-0.3, -0.25) is 0 Å². The zero-order valence-electron chi connectivity index (χ0n) is 14.7. The molecule has 0 radical (unpaired) electrons. The van der Waals surface area contributed by atoms with Gasteiger partial charge in [-0.1, -0.05) is 0 Å². The van der Waals surface area contributed by atoms with Crippen LogP contribution in [0.2, 0.25) is 0 Å². The topological polar surface area (TPSA) is 71.1 Å². The standard InChI is InChI=1S/C11H15F2O6.C6H5.Bi.H/c1-4-16-9(15)11(12,13)8(17-6-14)7-5-18-10(2,3)19-7;1-2-4-6-5-3-1;;/h7-8H,4-5H2,1-3H3;1-5H;;/t7-,8?;;;/m1.../s1. The number of rotatable bonds is 7. The van der Waals surface area contributed by atoms with Crippen LogP contribution in [-0.4, -0.2) is 70.0 Å². The van der Waals surface area contributed by atoms with E-state index in [0.717, 1.165) is 3.27 Å². The molecule has 1 saturated heterocycles. The van der Waals surface area contributed by atoms with E-state index in [2.05, 4.69) is 4.74 Å². The van der Waals surface area contributed by atoms with Crippen molar-refractivity contribution < 1.29 is 37.3 Å². The average molecular weight is 568 g/mol. The van der Waals surface area contributed by atoms with Gasteiger partial charge in [0.05, 0.1) is 0 Å². The van der Waals surface area contributed by atoms with Gasteiger partial charge in [-0.15, -0.1) is 0 Å². The van der Waals surface area contributed by atoms with Crippen LogP contribution < -0.4 is 3.27 Å². The molecule has 1 aromatic rings. The summed E-state index contributed by atoms with van der Waals surface area (Å²) in [6.07, 6.45) is -3.38. The molecular weight excluding hydrogens is 547 g/mol. The van der Waals surface area contributed by atoms with Gasteiger partial charge in [0.15, 0.2) is 0 Å². The van der Waals surface area contributed by atoms with Crippen molar-refractivity contribution in [2.24, 2.45) is 0 Å². The summed E-state index contributed by atoms with van der Waals surface area (Å²) in [4.78, 5) is 24.0. The summed E-state index contributed by atoms with van der Waals surface area (Å²) in [5.41, 5.74) is 0. The number of hydrogen-bond acceptors (Lipinski definition) is 6. The first kappa shape index (κ1) is 21.1. The van der Waals surface area contributed by atoms with E-state index in [-0.39, 0.29) is 13.2 Å². The Balaban J connectivity index is 2.17. The Hall–Kier alpha value is -1.18. The molecule has 1 heterocycles. The number of carbonyl (C=O) groups is 2. The van der Waals surface area contributed by atoms with E-state index in [0.29, 0.717) is 0 Å². The quantitative estimate of drug-likeness (QED) is 0.368. The monoisotopic (exact) mass is 568 g/mol. The maximum absolute atomic E-state index is 14.6. The number of hydrogen-bond donors (Lipinski definition) is 0. The fraction of sp³-hybridized carbons (Fsp3) is 0.529. The molecule has 1 aliphatic rings. The van der Waals surface area contributed by atoms with Gasteiger partial charge in [-0.05, 0) is 0 Å². The van der Waals surface area contributed by atoms with Crippen molar-refractivity contribution in [3.05, 3.63) is 30.3 Å². The Morgan fingerprint density at radius 2 is 2.00 bits per heavy atom. The van der Waals surface area contributed by atoms with E-state index in [4.69, 9.17) is 14.2 Å². The molecule has 1 fully saturated rings. The summed E-state index contributed by atoms with van der Waals surface area (Å²) in [6.45, 7) is 4.08. The van der Waals surface area contributed by atoms with Gasteiger partial charge in [0, 0.05) is 0 Å². The van der Waals surface area contributed by atoms with E-state index in [9.17, 15) is 18.4 Å². The first-order valence-corrected chi connectivity index (χ1v) is 11.9. The minimum atomic E-state index is -4.04. The maximum atomic E-state index is 14.6. The number of ether oxygens (including phenoxy) is 4. The zero-order chi connectivity index (χ0) is 19.4. The normalized spacial score (nSPS) is 20.4. The summed E-state index contributed by atoms with van der Waals surface area (Å²) in [5, 5.41) is 0. The van der Waals surface area contributed by atoms with Crippen LogP contribution in [0.4, 0.5) is 13.6 Å². The van der Waals surface area contributed by atoms with Crippen LogP contribution in [-0.2, 0) is 23.7 Å². The number of esters is 1. The first-order valence-electron chi connectivity index (χ1n) is 8.05. The van der Waals surface area contributed by atoms with Crippen LogP contribution >= 0.6 is 0 Å². The summed E-state index contributed by atoms with van der Waals surface area (Å²) in [7, 11) is 0. The Morgan fingerprint density at radius 1 is 1.35 bits per heavy atom. The van der Waals surface area contributed by atoms with Crippen LogP contribution in [0.5, 0.6) is 0 Å². The minimum absolute atomic E-state index is 0.217. The molecule has 26 heavy (non-hydrogen) atoms. The first-order chi connectivity index (χ1) is 12.2. The number of carbonyl (C=O) groups excluding carboxylic acids is 2. The second-order valence-electron chi connectivity index (χ2n) is 6.03. The van der Waals surface area contributed by atoms with Crippen LogP contribution in [0.25, 0.3) is 0 Å². The van der Waals surface area contributed by atoms with Crippen molar-refractivity contribution in [1.29, 1.82) is 0 Å². The summed E-state index contributed by atoms with van der Waals surface area (Å²) < 4.78 is 49.5. The second-order valence-corrected chi connectivity index (χ2v) is 10.8. The summed E-state index contributed by atoms with van der Waals surface area (Å²) in [5.74, 6) is -6.90. The molecule has 1 aliphatic heterocycles. The van der Waals surface area contributed by atoms with Crippen LogP contribution in [0, 0.1) is 0 Å². The third kappa shape index (κ3) is 5.41. The molecule has 2 atom stereocenters. The summed E-state index contributed by atoms with van der Waals surface area (Å²) in [6, 6.07) is 8.82. The molecular formula is C17H21BiF2O6. The van der Waals surface area contributed by atoms with E-state index < -0.39 is 56.8 Å². The molecule has 1 aromatic carbocycles. The van der Waals surface area contributed by atoms with Gasteiger partial charge in [-0.2, -0.15) is 0 Å². The Bertz CT molecular complexity index is 637. The van der Waals surface area contributed by atoms with Gasteiger partial charge < -0.3 is 0 Å². The van der Waals surface area contributed by atoms with Gasteiger partial charge in [0.25, 0.3) is 0 Å². The van der Waals surface area contributed by atoms with Crippen LogP contribution in [0.1, 0.15) is 20.8 Å². The number of benzene rings is 1. The SMILES string of the molecule is CCOC(=O)C(F)(F)C(O[C](=O)[BiH][c]1ccccc1)[C@H]1COC(C)(C)O1. The predicted molar refractivity (Wildman–Crippen MR) is 90.0 cm³/mol. The van der Waals surface area contributed by atoms with E-state index in [1.165, 1.54) is 6.92 Å². The second kappa shape index (κ2) is 8.67. The van der Waals surface area contributed by atoms with Gasteiger partial charge in [0.2, 0.25) is 0 Å². The predicted octanol–water partition coefficient (Wildman–Crippen LogP) is 1.60. The molecule has 6 nitrogen and oxygen atoms in total. The molecule has 0 saturated carbocycles. The van der Waals surface area contributed by atoms with E-state index in [1.807, 2.05) is 0 Å². The summed E-state index contributed by atoms with van der Waals surface area (Å²) >= 11 is -2.18. The van der Waals surface area contributed by atoms with Crippen molar-refractivity contribution in [1.82, 2.24) is 0 Å². The third-order valence-corrected chi connectivity index (χ3v) is 7.20. The van der Waals surface area contributed by atoms with Crippen molar-refractivity contribution >= 4 is 36.2 Å². The van der Waals surface area contributed by atoms with Gasteiger partial charge in [-0.25, -0.2) is 0 Å². The molecule has 0 aliphatic carbocycles. The number of halogens is 2. The zero-order valence-corrected chi connectivity index (χ0v) is 18.5. The molecule has 0 spiro atoms. The molecule has 0 aromatic heterocycles. The van der Waals surface area contributed by atoms with Crippen LogP contribution in [0.15, 0.2) is 30.3 Å². The molecule has 9 heteroatoms. The molecule has 144 valence electrons. The fourth-order valence-corrected chi connectivity index (χ4v) is 5.41. The van der Waals surface area contributed by atoms with E-state index >= 15 is 0 Å². The number of alkyl halides is 2. The molecule has 0 N–H and O–H groups in total. The molecule has 1 unspecified atom stereocenters. The van der Waals surface area contributed by atoms with Crippen LogP contribution in [0.3, 0.4) is 0 Å². The van der Waals surface area contributed by atoms with Gasteiger partial charge >= 0.3 is 162 Å². The molecule has 0 amide bonds. The van der Waals surface area contributed by atoms with Gasteiger partial charge in [0.1, 0.15) is 0 Å².